The fourth-order valence-corrected chi connectivity index (χ4v) is 2.59. The van der Waals surface area contributed by atoms with Gasteiger partial charge in [0, 0.05) is 17.1 Å². The van der Waals surface area contributed by atoms with Crippen molar-refractivity contribution in [1.29, 1.82) is 0 Å². The number of ether oxygens (including phenoxy) is 2. The van der Waals surface area contributed by atoms with Crippen LogP contribution in [0.1, 0.15) is 0 Å². The molecule has 0 radical (unpaired) electrons. The molecule has 24 heavy (non-hydrogen) atoms. The highest BCUT2D eigenvalue weighted by atomic mass is 35.5. The summed E-state index contributed by atoms with van der Waals surface area (Å²) >= 11 is 11.8. The second-order valence-corrected chi connectivity index (χ2v) is 5.56. The van der Waals surface area contributed by atoms with Crippen molar-refractivity contribution in [2.45, 2.75) is 0 Å². The van der Waals surface area contributed by atoms with Gasteiger partial charge >= 0.3 is 0 Å². The molecule has 0 bridgehead atoms. The van der Waals surface area contributed by atoms with E-state index in [1.807, 2.05) is 0 Å². The smallest absolute Gasteiger partial charge is 0.224 e. The van der Waals surface area contributed by atoms with Crippen LogP contribution >= 0.6 is 23.2 Å². The van der Waals surface area contributed by atoms with E-state index in [2.05, 4.69) is 15.3 Å². The van der Waals surface area contributed by atoms with Crippen LogP contribution in [-0.2, 0) is 0 Å². The second-order valence-electron chi connectivity index (χ2n) is 4.82. The van der Waals surface area contributed by atoms with Gasteiger partial charge in [0.15, 0.2) is 11.5 Å². The normalized spacial score (nSPS) is 10.7. The number of halogens is 3. The van der Waals surface area contributed by atoms with Crippen LogP contribution in [0, 0.1) is 5.82 Å². The molecular formula is C16H12Cl2FN3O2. The minimum atomic E-state index is -0.501. The predicted octanol–water partition coefficient (Wildman–Crippen LogP) is 4.84. The average Bonchev–Trinajstić information content (AvgIpc) is 2.57. The molecule has 0 saturated carbocycles. The quantitative estimate of drug-likeness (QED) is 0.668. The van der Waals surface area contributed by atoms with Crippen LogP contribution in [0.25, 0.3) is 10.9 Å². The maximum atomic E-state index is 13.3. The van der Waals surface area contributed by atoms with Crippen LogP contribution < -0.4 is 14.8 Å². The zero-order chi connectivity index (χ0) is 17.3. The third-order valence-corrected chi connectivity index (χ3v) is 3.81. The largest absolute Gasteiger partial charge is 0.493 e. The third-order valence-electron chi connectivity index (χ3n) is 3.36. The van der Waals surface area contributed by atoms with Gasteiger partial charge in [-0.1, -0.05) is 11.6 Å². The van der Waals surface area contributed by atoms with E-state index in [4.69, 9.17) is 32.7 Å². The van der Waals surface area contributed by atoms with E-state index in [1.165, 1.54) is 26.4 Å². The summed E-state index contributed by atoms with van der Waals surface area (Å²) in [5, 5.41) is 3.79. The zero-order valence-electron chi connectivity index (χ0n) is 12.7. The van der Waals surface area contributed by atoms with Gasteiger partial charge in [-0.3, -0.25) is 0 Å². The van der Waals surface area contributed by atoms with E-state index in [9.17, 15) is 4.39 Å². The van der Waals surface area contributed by atoms with Crippen molar-refractivity contribution >= 4 is 45.6 Å². The highest BCUT2D eigenvalue weighted by Crippen LogP contribution is 2.35. The lowest BCUT2D eigenvalue weighted by atomic mass is 10.2. The number of anilines is 2. The molecular weight excluding hydrogens is 356 g/mol. The van der Waals surface area contributed by atoms with Crippen molar-refractivity contribution in [2.24, 2.45) is 0 Å². The topological polar surface area (TPSA) is 56.3 Å². The number of benzene rings is 2. The van der Waals surface area contributed by atoms with Gasteiger partial charge in [-0.2, -0.15) is 4.98 Å². The predicted molar refractivity (Wildman–Crippen MR) is 92.3 cm³/mol. The lowest BCUT2D eigenvalue weighted by molar-refractivity contribution is 0.356. The SMILES string of the molecule is COc1cc2nc(Cl)nc(Nc3ccc(F)c(Cl)c3)c2cc1OC. The lowest BCUT2D eigenvalue weighted by Gasteiger charge is -2.13. The molecule has 1 aromatic heterocycles. The van der Waals surface area contributed by atoms with Gasteiger partial charge in [-0.15, -0.1) is 0 Å². The maximum Gasteiger partial charge on any atom is 0.224 e. The highest BCUT2D eigenvalue weighted by Gasteiger charge is 2.13. The number of hydrogen-bond acceptors (Lipinski definition) is 5. The van der Waals surface area contributed by atoms with Crippen LogP contribution in [0.3, 0.4) is 0 Å². The molecule has 2 aromatic carbocycles. The van der Waals surface area contributed by atoms with E-state index >= 15 is 0 Å². The van der Waals surface area contributed by atoms with Crippen molar-refractivity contribution in [1.82, 2.24) is 9.97 Å². The Kier molecular flexibility index (Phi) is 4.59. The molecule has 0 aliphatic rings. The molecule has 1 heterocycles. The van der Waals surface area contributed by atoms with Crippen molar-refractivity contribution in [3.8, 4) is 11.5 Å². The van der Waals surface area contributed by atoms with E-state index in [0.29, 0.717) is 33.9 Å². The summed E-state index contributed by atoms with van der Waals surface area (Å²) in [6.07, 6.45) is 0. The summed E-state index contributed by atoms with van der Waals surface area (Å²) in [7, 11) is 3.07. The summed E-state index contributed by atoms with van der Waals surface area (Å²) in [6.45, 7) is 0. The number of hydrogen-bond donors (Lipinski definition) is 1. The average molecular weight is 368 g/mol. The molecule has 124 valence electrons. The molecule has 8 heteroatoms. The van der Waals surface area contributed by atoms with E-state index in [-0.39, 0.29) is 10.3 Å². The summed E-state index contributed by atoms with van der Waals surface area (Å²) in [6, 6.07) is 7.70. The molecule has 1 N–H and O–H groups in total. The first-order valence-corrected chi connectivity index (χ1v) is 7.58. The van der Waals surface area contributed by atoms with E-state index in [0.717, 1.165) is 0 Å². The molecule has 0 fully saturated rings. The zero-order valence-corrected chi connectivity index (χ0v) is 14.2. The monoisotopic (exact) mass is 367 g/mol. The van der Waals surface area contributed by atoms with Crippen LogP contribution in [0.4, 0.5) is 15.9 Å². The van der Waals surface area contributed by atoms with Crippen LogP contribution in [0.5, 0.6) is 11.5 Å². The Morgan fingerprint density at radius 3 is 2.38 bits per heavy atom. The van der Waals surface area contributed by atoms with Gasteiger partial charge in [0.2, 0.25) is 5.28 Å². The first-order chi connectivity index (χ1) is 11.5. The lowest BCUT2D eigenvalue weighted by Crippen LogP contribution is -1.99. The number of methoxy groups -OCH3 is 2. The van der Waals surface area contributed by atoms with Crippen LogP contribution in [0.15, 0.2) is 30.3 Å². The van der Waals surface area contributed by atoms with E-state index in [1.54, 1.807) is 18.2 Å². The number of nitrogens with one attached hydrogen (secondary N) is 1. The molecule has 5 nitrogen and oxygen atoms in total. The minimum absolute atomic E-state index is 0.00343. The summed E-state index contributed by atoms with van der Waals surface area (Å²) in [5.74, 6) is 0.986. The van der Waals surface area contributed by atoms with Crippen LogP contribution in [-0.4, -0.2) is 24.2 Å². The standard InChI is InChI=1S/C16H12Cl2FN3O2/c1-23-13-6-9-12(7-14(13)24-2)21-16(18)22-15(9)20-8-3-4-11(19)10(17)5-8/h3-7H,1-2H3,(H,20,21,22). The maximum absolute atomic E-state index is 13.3. The second kappa shape index (κ2) is 6.67. The molecule has 0 saturated heterocycles. The Balaban J connectivity index is 2.13. The molecule has 0 atom stereocenters. The van der Waals surface area contributed by atoms with Gasteiger partial charge in [0.1, 0.15) is 11.6 Å². The minimum Gasteiger partial charge on any atom is -0.493 e. The summed E-state index contributed by atoms with van der Waals surface area (Å²) < 4.78 is 23.9. The first kappa shape index (κ1) is 16.5. The van der Waals surface area contributed by atoms with Gasteiger partial charge in [-0.05, 0) is 35.9 Å². The molecule has 0 amide bonds. The fourth-order valence-electron chi connectivity index (χ4n) is 2.23. The van der Waals surface area contributed by atoms with Crippen molar-refractivity contribution in [3.05, 3.63) is 46.5 Å². The molecule has 3 rings (SSSR count). The number of nitrogens with zero attached hydrogens (tertiary/aromatic N) is 2. The molecule has 0 spiro atoms. The van der Waals surface area contributed by atoms with Gasteiger partial charge in [0.05, 0.1) is 24.8 Å². The summed E-state index contributed by atoms with van der Waals surface area (Å²) in [5.41, 5.74) is 1.13. The molecule has 0 aliphatic carbocycles. The van der Waals surface area contributed by atoms with Gasteiger partial charge < -0.3 is 14.8 Å². The first-order valence-electron chi connectivity index (χ1n) is 6.83. The Morgan fingerprint density at radius 1 is 1.00 bits per heavy atom. The Morgan fingerprint density at radius 2 is 1.71 bits per heavy atom. The third kappa shape index (κ3) is 3.16. The molecule has 3 aromatic rings. The fraction of sp³-hybridized carbons (Fsp3) is 0.125. The van der Waals surface area contributed by atoms with Crippen molar-refractivity contribution in [2.75, 3.05) is 19.5 Å². The van der Waals surface area contributed by atoms with Gasteiger partial charge in [-0.25, -0.2) is 9.37 Å². The molecule has 0 aliphatic heterocycles. The Bertz CT molecular complexity index is 921. The molecule has 0 unspecified atom stereocenters. The number of aromatic nitrogens is 2. The number of rotatable bonds is 4. The van der Waals surface area contributed by atoms with Crippen LogP contribution in [0.2, 0.25) is 10.3 Å². The Hall–Kier alpha value is -2.31. The Labute approximate surface area is 147 Å². The van der Waals surface area contributed by atoms with E-state index < -0.39 is 5.82 Å². The van der Waals surface area contributed by atoms with Gasteiger partial charge in [0.25, 0.3) is 0 Å². The van der Waals surface area contributed by atoms with Crippen molar-refractivity contribution in [3.63, 3.8) is 0 Å². The highest BCUT2D eigenvalue weighted by molar-refractivity contribution is 6.31. The number of fused-ring (bicyclic) bond motifs is 1. The van der Waals surface area contributed by atoms with Crippen molar-refractivity contribution < 1.29 is 13.9 Å². The summed E-state index contributed by atoms with van der Waals surface area (Å²) in [4.78, 5) is 8.38.